The van der Waals surface area contributed by atoms with Crippen molar-refractivity contribution in [3.63, 3.8) is 0 Å². The minimum Gasteiger partial charge on any atom is -0.462 e. The van der Waals surface area contributed by atoms with Crippen LogP contribution in [0.2, 0.25) is 0 Å². The molecule has 20 heavy (non-hydrogen) atoms. The highest BCUT2D eigenvalue weighted by Gasteiger charge is 2.07. The van der Waals surface area contributed by atoms with Crippen molar-refractivity contribution in [1.29, 1.82) is 0 Å². The van der Waals surface area contributed by atoms with Crippen molar-refractivity contribution in [2.24, 2.45) is 5.92 Å². The Kier molecular flexibility index (Phi) is 6.49. The highest BCUT2D eigenvalue weighted by Crippen LogP contribution is 2.06. The Balaban J connectivity index is 2.42. The molecule has 0 spiro atoms. The first kappa shape index (κ1) is 15.9. The molecule has 1 aromatic rings. The van der Waals surface area contributed by atoms with Crippen molar-refractivity contribution < 1.29 is 14.3 Å². The Morgan fingerprint density at radius 3 is 2.65 bits per heavy atom. The second-order valence-corrected chi connectivity index (χ2v) is 4.70. The third-order valence-corrected chi connectivity index (χ3v) is 2.41. The van der Waals surface area contributed by atoms with Gasteiger partial charge in [0.25, 0.3) is 0 Å². The molecule has 1 aromatic heterocycles. The molecule has 0 aliphatic rings. The molecule has 2 N–H and O–H groups in total. The number of carbonyl (C=O) groups excluding carboxylic acids is 2. The third-order valence-electron chi connectivity index (χ3n) is 2.41. The second kappa shape index (κ2) is 8.14. The predicted octanol–water partition coefficient (Wildman–Crippen LogP) is 1.44. The Morgan fingerprint density at radius 2 is 2.10 bits per heavy atom. The standard InChI is InChI=1S/C14H21N3O3/c1-4-20-14(19)11-5-6-12(15-8-11)16-9-13(18)17-7-10(2)3/h5-6,8,10H,4,7,9H2,1-3H3,(H,15,16)(H,17,18). The number of anilines is 1. The van der Waals surface area contributed by atoms with Crippen LogP contribution in [0.4, 0.5) is 5.82 Å². The van der Waals surface area contributed by atoms with E-state index in [1.54, 1.807) is 19.1 Å². The quantitative estimate of drug-likeness (QED) is 0.738. The van der Waals surface area contributed by atoms with Gasteiger partial charge < -0.3 is 15.4 Å². The van der Waals surface area contributed by atoms with E-state index in [2.05, 4.69) is 15.6 Å². The van der Waals surface area contributed by atoms with Gasteiger partial charge in [-0.2, -0.15) is 0 Å². The van der Waals surface area contributed by atoms with Gasteiger partial charge in [0.05, 0.1) is 18.7 Å². The van der Waals surface area contributed by atoms with Crippen LogP contribution in [0.25, 0.3) is 0 Å². The van der Waals surface area contributed by atoms with Crippen molar-refractivity contribution in [2.75, 3.05) is 25.0 Å². The summed E-state index contributed by atoms with van der Waals surface area (Å²) in [5.41, 5.74) is 0.390. The molecule has 0 saturated carbocycles. The van der Waals surface area contributed by atoms with Crippen molar-refractivity contribution >= 4 is 17.7 Å². The number of hydrogen-bond donors (Lipinski definition) is 2. The number of hydrogen-bond acceptors (Lipinski definition) is 5. The molecule has 1 heterocycles. The van der Waals surface area contributed by atoms with Gasteiger partial charge in [-0.1, -0.05) is 13.8 Å². The number of ether oxygens (including phenoxy) is 1. The van der Waals surface area contributed by atoms with Crippen LogP contribution in [0.5, 0.6) is 0 Å². The first-order chi connectivity index (χ1) is 9.52. The fraction of sp³-hybridized carbons (Fsp3) is 0.500. The first-order valence-electron chi connectivity index (χ1n) is 6.66. The molecule has 110 valence electrons. The molecule has 1 rings (SSSR count). The molecule has 0 unspecified atom stereocenters. The lowest BCUT2D eigenvalue weighted by molar-refractivity contribution is -0.119. The molecule has 6 nitrogen and oxygen atoms in total. The lowest BCUT2D eigenvalue weighted by Crippen LogP contribution is -2.32. The number of carbonyl (C=O) groups is 2. The van der Waals surface area contributed by atoms with Gasteiger partial charge in [0.15, 0.2) is 0 Å². The molecule has 0 saturated heterocycles. The normalized spacial score (nSPS) is 10.2. The highest BCUT2D eigenvalue weighted by atomic mass is 16.5. The maximum absolute atomic E-state index is 11.5. The van der Waals surface area contributed by atoms with Crippen LogP contribution in [0.15, 0.2) is 18.3 Å². The average molecular weight is 279 g/mol. The summed E-state index contributed by atoms with van der Waals surface area (Å²) in [6.07, 6.45) is 1.42. The summed E-state index contributed by atoms with van der Waals surface area (Å²) >= 11 is 0. The number of aromatic nitrogens is 1. The van der Waals surface area contributed by atoms with E-state index < -0.39 is 5.97 Å². The molecule has 0 aliphatic heterocycles. The number of esters is 1. The monoisotopic (exact) mass is 279 g/mol. The molecule has 0 fully saturated rings. The summed E-state index contributed by atoms with van der Waals surface area (Å²) in [7, 11) is 0. The largest absolute Gasteiger partial charge is 0.462 e. The lowest BCUT2D eigenvalue weighted by atomic mass is 10.2. The molecule has 0 atom stereocenters. The average Bonchev–Trinajstić information content (AvgIpc) is 2.43. The Hall–Kier alpha value is -2.11. The van der Waals surface area contributed by atoms with E-state index in [1.165, 1.54) is 6.20 Å². The van der Waals surface area contributed by atoms with E-state index in [-0.39, 0.29) is 12.5 Å². The van der Waals surface area contributed by atoms with Crippen LogP contribution in [0, 0.1) is 5.92 Å². The highest BCUT2D eigenvalue weighted by molar-refractivity contribution is 5.89. The fourth-order valence-corrected chi connectivity index (χ4v) is 1.38. The number of nitrogens with zero attached hydrogens (tertiary/aromatic N) is 1. The van der Waals surface area contributed by atoms with E-state index >= 15 is 0 Å². The number of nitrogens with one attached hydrogen (secondary N) is 2. The van der Waals surface area contributed by atoms with E-state index in [0.717, 1.165) is 0 Å². The first-order valence-corrected chi connectivity index (χ1v) is 6.66. The van der Waals surface area contributed by atoms with Gasteiger partial charge in [0, 0.05) is 12.7 Å². The molecule has 0 aliphatic carbocycles. The zero-order valence-corrected chi connectivity index (χ0v) is 12.1. The third kappa shape index (κ3) is 5.69. The zero-order valence-electron chi connectivity index (χ0n) is 12.1. The van der Waals surface area contributed by atoms with Crippen LogP contribution in [-0.2, 0) is 9.53 Å². The van der Waals surface area contributed by atoms with E-state index in [9.17, 15) is 9.59 Å². The van der Waals surface area contributed by atoms with Gasteiger partial charge in [0.1, 0.15) is 5.82 Å². The maximum atomic E-state index is 11.5. The SMILES string of the molecule is CCOC(=O)c1ccc(NCC(=O)NCC(C)C)nc1. The lowest BCUT2D eigenvalue weighted by Gasteiger charge is -2.09. The molecular formula is C14H21N3O3. The van der Waals surface area contributed by atoms with Gasteiger partial charge in [-0.05, 0) is 25.0 Å². The van der Waals surface area contributed by atoms with Crippen LogP contribution < -0.4 is 10.6 Å². The smallest absolute Gasteiger partial charge is 0.339 e. The van der Waals surface area contributed by atoms with E-state index in [4.69, 9.17) is 4.74 Å². The molecule has 0 radical (unpaired) electrons. The zero-order chi connectivity index (χ0) is 15.0. The Labute approximate surface area is 118 Å². The summed E-state index contributed by atoms with van der Waals surface area (Å²) in [6, 6.07) is 3.25. The fourth-order valence-electron chi connectivity index (χ4n) is 1.38. The second-order valence-electron chi connectivity index (χ2n) is 4.70. The predicted molar refractivity (Wildman–Crippen MR) is 76.5 cm³/mol. The summed E-state index contributed by atoms with van der Waals surface area (Å²) in [5.74, 6) is 0.467. The van der Waals surface area contributed by atoms with Gasteiger partial charge in [-0.3, -0.25) is 4.79 Å². The van der Waals surface area contributed by atoms with Crippen molar-refractivity contribution in [3.8, 4) is 0 Å². The van der Waals surface area contributed by atoms with Crippen molar-refractivity contribution in [1.82, 2.24) is 10.3 Å². The minimum absolute atomic E-state index is 0.0880. The summed E-state index contributed by atoms with van der Waals surface area (Å²) < 4.78 is 4.86. The van der Waals surface area contributed by atoms with Crippen LogP contribution >= 0.6 is 0 Å². The summed E-state index contributed by atoms with van der Waals surface area (Å²) in [6.45, 7) is 6.94. The van der Waals surface area contributed by atoms with E-state index in [1.807, 2.05) is 13.8 Å². The van der Waals surface area contributed by atoms with Gasteiger partial charge in [-0.15, -0.1) is 0 Å². The molecule has 6 heteroatoms. The minimum atomic E-state index is -0.402. The van der Waals surface area contributed by atoms with Gasteiger partial charge in [-0.25, -0.2) is 9.78 Å². The molecule has 0 bridgehead atoms. The van der Waals surface area contributed by atoms with Crippen molar-refractivity contribution in [2.45, 2.75) is 20.8 Å². The molecule has 1 amide bonds. The van der Waals surface area contributed by atoms with Crippen LogP contribution in [0.1, 0.15) is 31.1 Å². The summed E-state index contributed by atoms with van der Waals surface area (Å²) in [4.78, 5) is 27.0. The van der Waals surface area contributed by atoms with E-state index in [0.29, 0.717) is 30.5 Å². The Bertz CT molecular complexity index is 443. The molecule has 0 aromatic carbocycles. The topological polar surface area (TPSA) is 80.3 Å². The van der Waals surface area contributed by atoms with Gasteiger partial charge in [0.2, 0.25) is 5.91 Å². The van der Waals surface area contributed by atoms with Gasteiger partial charge >= 0.3 is 5.97 Å². The molecular weight excluding hydrogens is 258 g/mol. The number of rotatable bonds is 7. The van der Waals surface area contributed by atoms with Crippen LogP contribution in [0.3, 0.4) is 0 Å². The number of pyridine rings is 1. The Morgan fingerprint density at radius 1 is 1.35 bits per heavy atom. The maximum Gasteiger partial charge on any atom is 0.339 e. The number of amides is 1. The van der Waals surface area contributed by atoms with Crippen LogP contribution in [-0.4, -0.2) is 36.6 Å². The summed E-state index contributed by atoms with van der Waals surface area (Å²) in [5, 5.41) is 5.69. The van der Waals surface area contributed by atoms with Crippen molar-refractivity contribution in [3.05, 3.63) is 23.9 Å².